The normalized spacial score (nSPS) is 19.6. The number of hydrogen-bond donors (Lipinski definition) is 1. The molecule has 1 rings (SSSR count). The van der Waals surface area contributed by atoms with Gasteiger partial charge in [0.2, 0.25) is 5.91 Å². The minimum Gasteiger partial charge on any atom is -0.352 e. The van der Waals surface area contributed by atoms with Gasteiger partial charge in [0.1, 0.15) is 0 Å². The number of nitrogens with one attached hydrogen (secondary N) is 1. The molecule has 0 aromatic carbocycles. The molecule has 1 amide bonds. The minimum atomic E-state index is 0.121. The predicted octanol–water partition coefficient (Wildman–Crippen LogP) is 3.19. The van der Waals surface area contributed by atoms with Crippen molar-refractivity contribution in [1.29, 1.82) is 0 Å². The van der Waals surface area contributed by atoms with Crippen LogP contribution in [0.4, 0.5) is 0 Å². The molecule has 0 radical (unpaired) electrons. The second kappa shape index (κ2) is 10.4. The summed E-state index contributed by atoms with van der Waals surface area (Å²) in [5.74, 6) is 0.243. The number of likely N-dealkylation sites (N-methyl/N-ethyl adjacent to an activating group) is 1. The zero-order chi connectivity index (χ0) is 14.0. The molecule has 3 nitrogen and oxygen atoms in total. The molecule has 0 spiro atoms. The van der Waals surface area contributed by atoms with E-state index in [0.29, 0.717) is 6.04 Å². The first kappa shape index (κ1) is 17.4. The van der Waals surface area contributed by atoms with Gasteiger partial charge < -0.3 is 5.32 Å². The number of rotatable bonds is 6. The summed E-state index contributed by atoms with van der Waals surface area (Å²) in [5.41, 5.74) is 0. The average molecular weight is 256 g/mol. The summed E-state index contributed by atoms with van der Waals surface area (Å²) >= 11 is 0. The number of hydrogen-bond acceptors (Lipinski definition) is 2. The van der Waals surface area contributed by atoms with Crippen molar-refractivity contribution >= 4 is 5.91 Å². The van der Waals surface area contributed by atoms with Crippen molar-refractivity contribution in [2.75, 3.05) is 13.6 Å². The van der Waals surface area contributed by atoms with Crippen molar-refractivity contribution in [3.63, 3.8) is 0 Å². The Morgan fingerprint density at radius 3 is 2.22 bits per heavy atom. The highest BCUT2D eigenvalue weighted by atomic mass is 16.2. The largest absolute Gasteiger partial charge is 0.352 e. The Morgan fingerprint density at radius 1 is 1.28 bits per heavy atom. The van der Waals surface area contributed by atoms with Gasteiger partial charge in [0, 0.05) is 6.04 Å². The number of likely N-dealkylation sites (tertiary alicyclic amines) is 1. The Hall–Kier alpha value is -0.570. The van der Waals surface area contributed by atoms with Crippen LogP contribution in [0.3, 0.4) is 0 Å². The molecule has 0 aliphatic carbocycles. The molecule has 1 fully saturated rings. The first-order valence-electron chi connectivity index (χ1n) is 7.69. The van der Waals surface area contributed by atoms with Crippen LogP contribution in [0.1, 0.15) is 66.2 Å². The molecule has 1 aliphatic rings. The van der Waals surface area contributed by atoms with Gasteiger partial charge in [0.15, 0.2) is 0 Å². The molecule has 108 valence electrons. The Labute approximate surface area is 113 Å². The molecule has 1 heterocycles. The lowest BCUT2D eigenvalue weighted by molar-refractivity contribution is -0.125. The fourth-order valence-electron chi connectivity index (χ4n) is 2.52. The molecule has 1 unspecified atom stereocenters. The van der Waals surface area contributed by atoms with E-state index >= 15 is 0 Å². The van der Waals surface area contributed by atoms with Crippen LogP contribution in [0, 0.1) is 0 Å². The lowest BCUT2D eigenvalue weighted by Gasteiger charge is -2.23. The molecule has 3 heteroatoms. The van der Waals surface area contributed by atoms with Crippen molar-refractivity contribution < 1.29 is 4.79 Å². The Bertz CT molecular complexity index is 213. The van der Waals surface area contributed by atoms with Crippen molar-refractivity contribution in [1.82, 2.24) is 10.2 Å². The lowest BCUT2D eigenvalue weighted by atomic mass is 10.1. The summed E-state index contributed by atoms with van der Waals surface area (Å²) in [5, 5.41) is 3.21. The molecule has 0 saturated carbocycles. The highest BCUT2D eigenvalue weighted by Gasteiger charge is 2.28. The summed E-state index contributed by atoms with van der Waals surface area (Å²) in [6.45, 7) is 9.41. The maximum atomic E-state index is 12.1. The van der Waals surface area contributed by atoms with Gasteiger partial charge >= 0.3 is 0 Å². The quantitative estimate of drug-likeness (QED) is 0.791. The van der Waals surface area contributed by atoms with Crippen LogP contribution in [0.2, 0.25) is 0 Å². The second-order valence-electron chi connectivity index (χ2n) is 4.92. The number of amides is 1. The zero-order valence-electron chi connectivity index (χ0n) is 13.0. The van der Waals surface area contributed by atoms with E-state index in [-0.39, 0.29) is 11.9 Å². The predicted molar refractivity (Wildman–Crippen MR) is 78.7 cm³/mol. The van der Waals surface area contributed by atoms with Crippen molar-refractivity contribution in [2.24, 2.45) is 0 Å². The van der Waals surface area contributed by atoms with Crippen LogP contribution >= 0.6 is 0 Å². The maximum absolute atomic E-state index is 12.1. The summed E-state index contributed by atoms with van der Waals surface area (Å²) in [6, 6.07) is 0.507. The molecule has 1 atom stereocenters. The maximum Gasteiger partial charge on any atom is 0.237 e. The molecule has 0 aromatic rings. The van der Waals surface area contributed by atoms with Crippen LogP contribution in [0.5, 0.6) is 0 Å². The molecule has 0 aromatic heterocycles. The van der Waals surface area contributed by atoms with E-state index in [9.17, 15) is 4.79 Å². The smallest absolute Gasteiger partial charge is 0.237 e. The van der Waals surface area contributed by atoms with Crippen molar-refractivity contribution in [2.45, 2.75) is 78.3 Å². The third kappa shape index (κ3) is 5.85. The third-order valence-corrected chi connectivity index (χ3v) is 3.44. The van der Waals surface area contributed by atoms with Crippen molar-refractivity contribution in [3.05, 3.63) is 0 Å². The van der Waals surface area contributed by atoms with E-state index in [1.807, 2.05) is 20.9 Å². The highest BCUT2D eigenvalue weighted by molar-refractivity contribution is 5.82. The number of carbonyl (C=O) groups excluding carboxylic acids is 1. The van der Waals surface area contributed by atoms with Gasteiger partial charge in [0.05, 0.1) is 6.04 Å². The summed E-state index contributed by atoms with van der Waals surface area (Å²) in [7, 11) is 2.05. The Morgan fingerprint density at radius 2 is 1.83 bits per heavy atom. The SMILES string of the molecule is CC.CCCC(CCC)NC(=O)C1CCCN1C. The summed E-state index contributed by atoms with van der Waals surface area (Å²) in [6.07, 6.45) is 6.68. The van der Waals surface area contributed by atoms with Crippen molar-refractivity contribution in [3.8, 4) is 0 Å². The zero-order valence-corrected chi connectivity index (χ0v) is 13.0. The fourth-order valence-corrected chi connectivity index (χ4v) is 2.52. The van der Waals surface area contributed by atoms with Gasteiger partial charge in [-0.1, -0.05) is 40.5 Å². The van der Waals surface area contributed by atoms with Gasteiger partial charge in [-0.3, -0.25) is 9.69 Å². The number of carbonyl (C=O) groups is 1. The molecule has 1 saturated heterocycles. The van der Waals surface area contributed by atoms with E-state index < -0.39 is 0 Å². The van der Waals surface area contributed by atoms with Crippen LogP contribution < -0.4 is 5.32 Å². The van der Waals surface area contributed by atoms with Gasteiger partial charge in [-0.15, -0.1) is 0 Å². The van der Waals surface area contributed by atoms with Crippen LogP contribution in [0.15, 0.2) is 0 Å². The average Bonchev–Trinajstić information content (AvgIpc) is 2.79. The lowest BCUT2D eigenvalue weighted by Crippen LogP contribution is -2.45. The fraction of sp³-hybridized carbons (Fsp3) is 0.933. The standard InChI is InChI=1S/C13H26N2O.C2H6/c1-4-7-11(8-5-2)14-13(16)12-9-6-10-15(12)3;1-2/h11-12H,4-10H2,1-3H3,(H,14,16);1-2H3. The molecular weight excluding hydrogens is 224 g/mol. The monoisotopic (exact) mass is 256 g/mol. The first-order chi connectivity index (χ1) is 8.69. The molecule has 18 heavy (non-hydrogen) atoms. The molecule has 0 bridgehead atoms. The van der Waals surface area contributed by atoms with Crippen LogP contribution in [-0.4, -0.2) is 36.5 Å². The van der Waals surface area contributed by atoms with Gasteiger partial charge in [-0.25, -0.2) is 0 Å². The van der Waals surface area contributed by atoms with E-state index in [0.717, 1.165) is 45.1 Å². The summed E-state index contributed by atoms with van der Waals surface area (Å²) < 4.78 is 0. The van der Waals surface area contributed by atoms with E-state index in [1.165, 1.54) is 0 Å². The van der Waals surface area contributed by atoms with Gasteiger partial charge in [-0.05, 0) is 39.3 Å². The van der Waals surface area contributed by atoms with E-state index in [4.69, 9.17) is 0 Å². The van der Waals surface area contributed by atoms with Gasteiger partial charge in [-0.2, -0.15) is 0 Å². The third-order valence-electron chi connectivity index (χ3n) is 3.44. The molecule has 1 N–H and O–H groups in total. The second-order valence-corrected chi connectivity index (χ2v) is 4.92. The van der Waals surface area contributed by atoms with E-state index in [2.05, 4.69) is 24.1 Å². The Balaban J connectivity index is 0.00000137. The van der Waals surface area contributed by atoms with Crippen LogP contribution in [0.25, 0.3) is 0 Å². The topological polar surface area (TPSA) is 32.3 Å². The Kier molecular flexibility index (Phi) is 10.0. The van der Waals surface area contributed by atoms with E-state index in [1.54, 1.807) is 0 Å². The summed E-state index contributed by atoms with van der Waals surface area (Å²) in [4.78, 5) is 14.2. The first-order valence-corrected chi connectivity index (χ1v) is 7.69. The highest BCUT2D eigenvalue weighted by Crippen LogP contribution is 2.15. The number of nitrogens with zero attached hydrogens (tertiary/aromatic N) is 1. The minimum absolute atomic E-state index is 0.121. The van der Waals surface area contributed by atoms with Gasteiger partial charge in [0.25, 0.3) is 0 Å². The molecule has 1 aliphatic heterocycles. The van der Waals surface area contributed by atoms with Crippen LogP contribution in [-0.2, 0) is 4.79 Å². The molecular formula is C15H32N2O.